The molecule has 0 atom stereocenters. The number of unbranched alkanes of at least 4 members (excludes halogenated alkanes) is 1. The van der Waals surface area contributed by atoms with Crippen LogP contribution in [0, 0.1) is 6.92 Å². The Morgan fingerprint density at radius 3 is 2.71 bits per heavy atom. The van der Waals surface area contributed by atoms with Gasteiger partial charge in [-0.05, 0) is 32.4 Å². The Morgan fingerprint density at radius 1 is 1.29 bits per heavy atom. The zero-order valence-electron chi connectivity index (χ0n) is 9.72. The molecule has 3 nitrogen and oxygen atoms in total. The third kappa shape index (κ3) is 6.88. The summed E-state index contributed by atoms with van der Waals surface area (Å²) in [6.45, 7) is 2.93. The second kappa shape index (κ2) is 6.54. The molecule has 0 spiro atoms. The molecule has 0 saturated carbocycles. The van der Waals surface area contributed by atoms with Crippen LogP contribution in [0.4, 0.5) is 13.2 Å². The van der Waals surface area contributed by atoms with Crippen LogP contribution >= 0.6 is 0 Å². The van der Waals surface area contributed by atoms with Crippen molar-refractivity contribution in [2.24, 2.45) is 0 Å². The Morgan fingerprint density at radius 2 is 2.06 bits per heavy atom. The first-order valence-electron chi connectivity index (χ1n) is 5.53. The molecule has 0 aromatic carbocycles. The van der Waals surface area contributed by atoms with E-state index in [4.69, 9.17) is 0 Å². The van der Waals surface area contributed by atoms with Crippen LogP contribution in [0.25, 0.3) is 0 Å². The number of hydrogen-bond donors (Lipinski definition) is 1. The van der Waals surface area contributed by atoms with Gasteiger partial charge >= 0.3 is 6.18 Å². The van der Waals surface area contributed by atoms with E-state index in [-0.39, 0.29) is 6.42 Å². The van der Waals surface area contributed by atoms with Gasteiger partial charge in [-0.2, -0.15) is 13.2 Å². The molecule has 1 rings (SSSR count). The van der Waals surface area contributed by atoms with Crippen molar-refractivity contribution in [3.05, 3.63) is 23.8 Å². The van der Waals surface area contributed by atoms with Gasteiger partial charge in [0.15, 0.2) is 0 Å². The largest absolute Gasteiger partial charge is 0.389 e. The number of aromatic nitrogens is 2. The van der Waals surface area contributed by atoms with E-state index < -0.39 is 12.6 Å². The van der Waals surface area contributed by atoms with Gasteiger partial charge < -0.3 is 5.32 Å². The van der Waals surface area contributed by atoms with E-state index in [1.54, 1.807) is 19.2 Å². The zero-order chi connectivity index (χ0) is 12.7. The molecular formula is C11H16F3N3. The highest BCUT2D eigenvalue weighted by atomic mass is 19.4. The Kier molecular flexibility index (Phi) is 5.34. The molecule has 0 amide bonds. The SMILES string of the molecule is Cc1nccc(CNCCCCC(F)(F)F)n1. The van der Waals surface area contributed by atoms with E-state index in [2.05, 4.69) is 15.3 Å². The molecule has 96 valence electrons. The molecule has 1 aromatic heterocycles. The number of halogens is 3. The lowest BCUT2D eigenvalue weighted by atomic mass is 10.2. The molecule has 1 aromatic rings. The van der Waals surface area contributed by atoms with Crippen molar-refractivity contribution in [2.45, 2.75) is 38.9 Å². The van der Waals surface area contributed by atoms with Crippen molar-refractivity contribution >= 4 is 0 Å². The molecule has 0 radical (unpaired) electrons. The van der Waals surface area contributed by atoms with Gasteiger partial charge in [0.25, 0.3) is 0 Å². The van der Waals surface area contributed by atoms with Crippen LogP contribution in [0.15, 0.2) is 12.3 Å². The molecular weight excluding hydrogens is 231 g/mol. The number of nitrogens with one attached hydrogen (secondary N) is 1. The molecule has 1 heterocycles. The highest BCUT2D eigenvalue weighted by Gasteiger charge is 2.25. The summed E-state index contributed by atoms with van der Waals surface area (Å²) in [5.74, 6) is 0.696. The van der Waals surface area contributed by atoms with Crippen molar-refractivity contribution in [3.8, 4) is 0 Å². The number of hydrogen-bond acceptors (Lipinski definition) is 3. The molecule has 0 aliphatic rings. The monoisotopic (exact) mass is 247 g/mol. The lowest BCUT2D eigenvalue weighted by molar-refractivity contribution is -0.135. The van der Waals surface area contributed by atoms with Crippen LogP contribution in [0.2, 0.25) is 0 Å². The number of rotatable bonds is 6. The van der Waals surface area contributed by atoms with Crippen LogP contribution in [0.5, 0.6) is 0 Å². The van der Waals surface area contributed by atoms with Gasteiger partial charge in [0, 0.05) is 19.2 Å². The first-order chi connectivity index (χ1) is 7.97. The average Bonchev–Trinajstić information content (AvgIpc) is 2.22. The van der Waals surface area contributed by atoms with E-state index >= 15 is 0 Å². The topological polar surface area (TPSA) is 37.8 Å². The van der Waals surface area contributed by atoms with Crippen LogP contribution in [0.3, 0.4) is 0 Å². The fourth-order valence-corrected chi connectivity index (χ4v) is 1.40. The summed E-state index contributed by atoms with van der Waals surface area (Å²) in [5.41, 5.74) is 0.855. The van der Waals surface area contributed by atoms with Gasteiger partial charge in [-0.1, -0.05) is 0 Å². The van der Waals surface area contributed by atoms with Crippen molar-refractivity contribution in [1.82, 2.24) is 15.3 Å². The second-order valence-corrected chi connectivity index (χ2v) is 3.84. The summed E-state index contributed by atoms with van der Waals surface area (Å²) < 4.78 is 35.5. The summed E-state index contributed by atoms with van der Waals surface area (Å²) in [5, 5.41) is 3.06. The standard InChI is InChI=1S/C11H16F3N3/c1-9-16-7-4-10(17-9)8-15-6-3-2-5-11(12,13)14/h4,7,15H,2-3,5-6,8H2,1H3. The van der Waals surface area contributed by atoms with Crippen LogP contribution in [-0.2, 0) is 6.54 Å². The normalized spacial score (nSPS) is 11.8. The molecule has 0 bridgehead atoms. The quantitative estimate of drug-likeness (QED) is 0.785. The third-order valence-corrected chi connectivity index (χ3v) is 2.20. The first kappa shape index (κ1) is 13.9. The molecule has 0 aliphatic carbocycles. The maximum absolute atomic E-state index is 11.8. The van der Waals surface area contributed by atoms with E-state index in [0.29, 0.717) is 25.3 Å². The minimum atomic E-state index is -4.04. The molecule has 1 N–H and O–H groups in total. The Hall–Kier alpha value is -1.17. The molecule has 17 heavy (non-hydrogen) atoms. The maximum Gasteiger partial charge on any atom is 0.389 e. The first-order valence-corrected chi connectivity index (χ1v) is 5.53. The van der Waals surface area contributed by atoms with E-state index in [1.165, 1.54) is 0 Å². The van der Waals surface area contributed by atoms with Crippen LogP contribution in [0.1, 0.15) is 30.8 Å². The Labute approximate surface area is 98.5 Å². The van der Waals surface area contributed by atoms with E-state index in [1.807, 2.05) is 0 Å². The lowest BCUT2D eigenvalue weighted by Gasteiger charge is -2.06. The molecule has 0 aliphatic heterocycles. The summed E-state index contributed by atoms with van der Waals surface area (Å²) in [6.07, 6.45) is -2.39. The molecule has 6 heteroatoms. The lowest BCUT2D eigenvalue weighted by Crippen LogP contribution is -2.17. The minimum absolute atomic E-state index is 0.166. The zero-order valence-corrected chi connectivity index (χ0v) is 9.72. The number of alkyl halides is 3. The minimum Gasteiger partial charge on any atom is -0.311 e. The van der Waals surface area contributed by atoms with Crippen LogP contribution in [-0.4, -0.2) is 22.7 Å². The van der Waals surface area contributed by atoms with Gasteiger partial charge in [-0.25, -0.2) is 9.97 Å². The summed E-state index contributed by atoms with van der Waals surface area (Å²) in [4.78, 5) is 8.14. The van der Waals surface area contributed by atoms with Crippen molar-refractivity contribution < 1.29 is 13.2 Å². The van der Waals surface area contributed by atoms with E-state index in [9.17, 15) is 13.2 Å². The molecule has 0 saturated heterocycles. The van der Waals surface area contributed by atoms with Gasteiger partial charge in [0.05, 0.1) is 5.69 Å². The fourth-order valence-electron chi connectivity index (χ4n) is 1.40. The summed E-state index contributed by atoms with van der Waals surface area (Å²) in [7, 11) is 0. The molecule has 0 unspecified atom stereocenters. The van der Waals surface area contributed by atoms with Gasteiger partial charge in [-0.3, -0.25) is 0 Å². The number of aryl methyl sites for hydroxylation is 1. The average molecular weight is 247 g/mol. The predicted octanol–water partition coefficient (Wildman–Crippen LogP) is 2.61. The van der Waals surface area contributed by atoms with Gasteiger partial charge in [0.1, 0.15) is 5.82 Å². The summed E-state index contributed by atoms with van der Waals surface area (Å²) in [6, 6.07) is 1.79. The highest BCUT2D eigenvalue weighted by molar-refractivity contribution is 5.00. The third-order valence-electron chi connectivity index (χ3n) is 2.20. The number of nitrogens with zero attached hydrogens (tertiary/aromatic N) is 2. The smallest absolute Gasteiger partial charge is 0.311 e. The van der Waals surface area contributed by atoms with Crippen molar-refractivity contribution in [3.63, 3.8) is 0 Å². The fraction of sp³-hybridized carbons (Fsp3) is 0.636. The maximum atomic E-state index is 11.8. The van der Waals surface area contributed by atoms with E-state index in [0.717, 1.165) is 5.69 Å². The predicted molar refractivity (Wildman–Crippen MR) is 58.4 cm³/mol. The Balaban J connectivity index is 2.09. The van der Waals surface area contributed by atoms with Crippen molar-refractivity contribution in [1.29, 1.82) is 0 Å². The Bertz CT molecular complexity index is 339. The second-order valence-electron chi connectivity index (χ2n) is 3.84. The summed E-state index contributed by atoms with van der Waals surface area (Å²) >= 11 is 0. The van der Waals surface area contributed by atoms with Crippen molar-refractivity contribution in [2.75, 3.05) is 6.54 Å². The van der Waals surface area contributed by atoms with Gasteiger partial charge in [-0.15, -0.1) is 0 Å². The molecule has 0 fully saturated rings. The van der Waals surface area contributed by atoms with Crippen LogP contribution < -0.4 is 5.32 Å². The highest BCUT2D eigenvalue weighted by Crippen LogP contribution is 2.21. The van der Waals surface area contributed by atoms with Gasteiger partial charge in [0.2, 0.25) is 0 Å².